The first-order chi connectivity index (χ1) is 14.9. The molecular formula is C21H30N4O6. The molecule has 2 aliphatic rings. The van der Waals surface area contributed by atoms with Gasteiger partial charge in [-0.25, -0.2) is 4.99 Å². The third-order valence-corrected chi connectivity index (χ3v) is 5.47. The van der Waals surface area contributed by atoms with Gasteiger partial charge in [0.1, 0.15) is 6.04 Å². The Labute approximate surface area is 182 Å². The highest BCUT2D eigenvalue weighted by Crippen LogP contribution is 2.42. The molecule has 2 heterocycles. The maximum Gasteiger partial charge on any atom is 0.321 e. The zero-order valence-electron chi connectivity index (χ0n) is 18.6. The molecule has 0 unspecified atom stereocenters. The fourth-order valence-corrected chi connectivity index (χ4v) is 3.76. The lowest BCUT2D eigenvalue weighted by Gasteiger charge is -2.37. The summed E-state index contributed by atoms with van der Waals surface area (Å²) in [6.07, 6.45) is 0. The Bertz CT molecular complexity index is 825. The SMILES string of the molecule is CCOC(=O)[C@H]1C(=O)NC(N2CCN(C)CC2)=N[C@H]1c1cc(OC)c(OC)c(OC)c1. The van der Waals surface area contributed by atoms with Crippen molar-refractivity contribution in [2.75, 3.05) is 61.2 Å². The van der Waals surface area contributed by atoms with Crippen LogP contribution in [0.1, 0.15) is 18.5 Å². The molecule has 1 aromatic carbocycles. The van der Waals surface area contributed by atoms with E-state index in [9.17, 15) is 9.59 Å². The van der Waals surface area contributed by atoms with Crippen molar-refractivity contribution in [2.45, 2.75) is 13.0 Å². The number of amides is 1. The minimum Gasteiger partial charge on any atom is -0.493 e. The number of hydrogen-bond donors (Lipinski definition) is 1. The number of carbonyl (C=O) groups excluding carboxylic acids is 2. The van der Waals surface area contributed by atoms with Gasteiger partial charge in [-0.05, 0) is 31.7 Å². The van der Waals surface area contributed by atoms with Crippen molar-refractivity contribution in [2.24, 2.45) is 10.9 Å². The number of methoxy groups -OCH3 is 3. The van der Waals surface area contributed by atoms with Crippen LogP contribution in [0.5, 0.6) is 17.2 Å². The van der Waals surface area contributed by atoms with Crippen LogP contribution in [-0.4, -0.2) is 88.8 Å². The molecule has 0 aliphatic carbocycles. The maximum atomic E-state index is 13.0. The van der Waals surface area contributed by atoms with Crippen LogP contribution < -0.4 is 19.5 Å². The molecule has 10 heteroatoms. The van der Waals surface area contributed by atoms with E-state index in [1.54, 1.807) is 19.1 Å². The van der Waals surface area contributed by atoms with Crippen molar-refractivity contribution in [3.8, 4) is 17.2 Å². The second-order valence-corrected chi connectivity index (χ2v) is 7.37. The van der Waals surface area contributed by atoms with E-state index >= 15 is 0 Å². The minimum atomic E-state index is -1.13. The summed E-state index contributed by atoms with van der Waals surface area (Å²) in [5.41, 5.74) is 0.592. The molecule has 0 aromatic heterocycles. The zero-order chi connectivity index (χ0) is 22.5. The summed E-state index contributed by atoms with van der Waals surface area (Å²) >= 11 is 0. The molecule has 0 saturated carbocycles. The van der Waals surface area contributed by atoms with Gasteiger partial charge in [0.2, 0.25) is 17.6 Å². The summed E-state index contributed by atoms with van der Waals surface area (Å²) in [5, 5.41) is 2.80. The number of esters is 1. The Balaban J connectivity index is 2.07. The van der Waals surface area contributed by atoms with Gasteiger partial charge in [0.15, 0.2) is 17.4 Å². The Morgan fingerprint density at radius 2 is 1.71 bits per heavy atom. The van der Waals surface area contributed by atoms with E-state index in [4.69, 9.17) is 23.9 Å². The number of hydrogen-bond acceptors (Lipinski definition) is 9. The van der Waals surface area contributed by atoms with Crippen molar-refractivity contribution in [3.05, 3.63) is 17.7 Å². The van der Waals surface area contributed by atoms with E-state index in [0.717, 1.165) is 26.2 Å². The van der Waals surface area contributed by atoms with Crippen LogP contribution in [0.15, 0.2) is 17.1 Å². The number of aliphatic imine (C=N–C) groups is 1. The van der Waals surface area contributed by atoms with Gasteiger partial charge in [-0.2, -0.15) is 0 Å². The van der Waals surface area contributed by atoms with Crippen LogP contribution in [0.25, 0.3) is 0 Å². The second kappa shape index (κ2) is 9.86. The quantitative estimate of drug-likeness (QED) is 0.515. The Hall–Kier alpha value is -3.01. The summed E-state index contributed by atoms with van der Waals surface area (Å²) in [6, 6.07) is 2.63. The molecule has 0 spiro atoms. The van der Waals surface area contributed by atoms with E-state index in [1.807, 2.05) is 11.9 Å². The third-order valence-electron chi connectivity index (χ3n) is 5.47. The molecule has 1 fully saturated rings. The molecule has 2 atom stereocenters. The predicted octanol–water partition coefficient (Wildman–Crippen LogP) is 0.666. The van der Waals surface area contributed by atoms with E-state index < -0.39 is 23.8 Å². The molecule has 10 nitrogen and oxygen atoms in total. The number of guanidine groups is 1. The smallest absolute Gasteiger partial charge is 0.321 e. The first-order valence-electron chi connectivity index (χ1n) is 10.2. The number of benzene rings is 1. The highest BCUT2D eigenvalue weighted by atomic mass is 16.5. The van der Waals surface area contributed by atoms with Gasteiger partial charge in [-0.3, -0.25) is 14.9 Å². The van der Waals surface area contributed by atoms with Crippen molar-refractivity contribution >= 4 is 17.8 Å². The molecule has 0 bridgehead atoms. The lowest BCUT2D eigenvalue weighted by atomic mass is 9.90. The molecule has 170 valence electrons. The fraction of sp³-hybridized carbons (Fsp3) is 0.571. The Morgan fingerprint density at radius 1 is 1.10 bits per heavy atom. The van der Waals surface area contributed by atoms with Crippen LogP contribution >= 0.6 is 0 Å². The molecule has 3 rings (SSSR count). The fourth-order valence-electron chi connectivity index (χ4n) is 3.76. The van der Waals surface area contributed by atoms with Crippen molar-refractivity contribution in [1.82, 2.24) is 15.1 Å². The average Bonchev–Trinajstić information content (AvgIpc) is 2.77. The number of carbonyl (C=O) groups is 2. The van der Waals surface area contributed by atoms with Gasteiger partial charge in [0.05, 0.1) is 27.9 Å². The molecular weight excluding hydrogens is 404 g/mol. The van der Waals surface area contributed by atoms with Gasteiger partial charge >= 0.3 is 5.97 Å². The van der Waals surface area contributed by atoms with Gasteiger partial charge in [-0.1, -0.05) is 0 Å². The number of rotatable bonds is 6. The topological polar surface area (TPSA) is 102 Å². The largest absolute Gasteiger partial charge is 0.493 e. The maximum absolute atomic E-state index is 13.0. The summed E-state index contributed by atoms with van der Waals surface area (Å²) in [7, 11) is 6.58. The second-order valence-electron chi connectivity index (χ2n) is 7.37. The number of nitrogens with zero attached hydrogens (tertiary/aromatic N) is 3. The van der Waals surface area contributed by atoms with Crippen molar-refractivity contribution in [3.63, 3.8) is 0 Å². The van der Waals surface area contributed by atoms with Crippen LogP contribution in [0, 0.1) is 5.92 Å². The number of piperazine rings is 1. The van der Waals surface area contributed by atoms with Gasteiger partial charge in [0, 0.05) is 26.2 Å². The highest BCUT2D eigenvalue weighted by Gasteiger charge is 2.42. The van der Waals surface area contributed by atoms with Gasteiger partial charge in [0.25, 0.3) is 0 Å². The summed E-state index contributed by atoms with van der Waals surface area (Å²) < 4.78 is 21.5. The number of ether oxygens (including phenoxy) is 4. The summed E-state index contributed by atoms with van der Waals surface area (Å²) in [6.45, 7) is 5.02. The van der Waals surface area contributed by atoms with E-state index in [-0.39, 0.29) is 6.61 Å². The van der Waals surface area contributed by atoms with Crippen LogP contribution in [0.3, 0.4) is 0 Å². The predicted molar refractivity (Wildman–Crippen MR) is 114 cm³/mol. The van der Waals surface area contributed by atoms with Crippen molar-refractivity contribution in [1.29, 1.82) is 0 Å². The normalized spacial score (nSPS) is 21.8. The van der Waals surface area contributed by atoms with Gasteiger partial charge in [-0.15, -0.1) is 0 Å². The third kappa shape index (κ3) is 4.68. The molecule has 1 N–H and O–H groups in total. The molecule has 1 amide bonds. The van der Waals surface area contributed by atoms with Crippen LogP contribution in [0.4, 0.5) is 0 Å². The first kappa shape index (κ1) is 22.7. The molecule has 2 aliphatic heterocycles. The standard InChI is InChI=1S/C21H30N4O6/c1-6-31-20(27)16-17(13-11-14(28-3)18(30-5)15(12-13)29-4)22-21(23-19(16)26)25-9-7-24(2)8-10-25/h11-12,16-17H,6-10H2,1-5H3,(H,22,23,26)/t16-,17+/m1/s1. The first-order valence-corrected chi connectivity index (χ1v) is 10.2. The van der Waals surface area contributed by atoms with Crippen LogP contribution in [0.2, 0.25) is 0 Å². The van der Waals surface area contributed by atoms with Gasteiger partial charge < -0.3 is 28.7 Å². The van der Waals surface area contributed by atoms with E-state index in [1.165, 1.54) is 21.3 Å². The minimum absolute atomic E-state index is 0.166. The van der Waals surface area contributed by atoms with E-state index in [0.29, 0.717) is 28.8 Å². The molecule has 1 aromatic rings. The molecule has 0 radical (unpaired) electrons. The molecule has 1 saturated heterocycles. The van der Waals surface area contributed by atoms with E-state index in [2.05, 4.69) is 10.2 Å². The lowest BCUT2D eigenvalue weighted by molar-refractivity contribution is -0.153. The molecule has 31 heavy (non-hydrogen) atoms. The average molecular weight is 434 g/mol. The lowest BCUT2D eigenvalue weighted by Crippen LogP contribution is -2.56. The highest BCUT2D eigenvalue weighted by molar-refractivity contribution is 6.08. The Morgan fingerprint density at radius 3 is 2.23 bits per heavy atom. The monoisotopic (exact) mass is 434 g/mol. The number of nitrogens with one attached hydrogen (secondary N) is 1. The van der Waals surface area contributed by atoms with Crippen molar-refractivity contribution < 1.29 is 28.5 Å². The van der Waals surface area contributed by atoms with Crippen LogP contribution in [-0.2, 0) is 14.3 Å². The number of likely N-dealkylation sites (N-methyl/N-ethyl adjacent to an activating group) is 1. The summed E-state index contributed by atoms with van der Waals surface area (Å²) in [4.78, 5) is 34.7. The summed E-state index contributed by atoms with van der Waals surface area (Å²) in [5.74, 6) is -0.481. The Kier molecular flexibility index (Phi) is 7.21. The zero-order valence-corrected chi connectivity index (χ0v) is 18.6.